The summed E-state index contributed by atoms with van der Waals surface area (Å²) >= 11 is 1.56. The van der Waals surface area contributed by atoms with Crippen molar-refractivity contribution >= 4 is 22.7 Å². The van der Waals surface area contributed by atoms with Gasteiger partial charge in [-0.05, 0) is 40.6 Å². The van der Waals surface area contributed by atoms with Gasteiger partial charge in [-0.3, -0.25) is 0 Å². The summed E-state index contributed by atoms with van der Waals surface area (Å²) in [4.78, 5) is 0. The van der Waals surface area contributed by atoms with Crippen LogP contribution in [0, 0.1) is 0 Å². The third-order valence-electron chi connectivity index (χ3n) is 2.44. The average molecular weight is 272 g/mol. The number of anilines is 2. The maximum Gasteiger partial charge on any atom is 0.416 e. The van der Waals surface area contributed by atoms with Crippen LogP contribution in [0.15, 0.2) is 35.0 Å². The SMILES string of the molecule is Nc1cc(C(F)(F)F)ccc1NCc1ccsc1. The maximum atomic E-state index is 12.4. The number of benzene rings is 1. The van der Waals surface area contributed by atoms with Gasteiger partial charge in [0, 0.05) is 6.54 Å². The molecule has 3 N–H and O–H groups in total. The van der Waals surface area contributed by atoms with Gasteiger partial charge in [-0.15, -0.1) is 0 Å². The topological polar surface area (TPSA) is 38.0 Å². The molecule has 0 spiro atoms. The summed E-state index contributed by atoms with van der Waals surface area (Å²) in [5.74, 6) is 0. The van der Waals surface area contributed by atoms with Crippen molar-refractivity contribution in [2.45, 2.75) is 12.7 Å². The van der Waals surface area contributed by atoms with Gasteiger partial charge in [0.25, 0.3) is 0 Å². The van der Waals surface area contributed by atoms with Gasteiger partial charge in [-0.1, -0.05) is 0 Å². The van der Waals surface area contributed by atoms with Crippen molar-refractivity contribution in [3.63, 3.8) is 0 Å². The molecule has 1 aromatic carbocycles. The Morgan fingerprint density at radius 3 is 2.56 bits per heavy atom. The monoisotopic (exact) mass is 272 g/mol. The molecule has 0 radical (unpaired) electrons. The highest BCUT2D eigenvalue weighted by Crippen LogP contribution is 2.32. The molecular weight excluding hydrogens is 261 g/mol. The zero-order valence-electron chi connectivity index (χ0n) is 9.29. The molecule has 0 aliphatic carbocycles. The summed E-state index contributed by atoms with van der Waals surface area (Å²) in [5.41, 5.74) is 6.54. The highest BCUT2D eigenvalue weighted by atomic mass is 32.1. The number of hydrogen-bond donors (Lipinski definition) is 2. The van der Waals surface area contributed by atoms with E-state index in [-0.39, 0.29) is 5.69 Å². The number of rotatable bonds is 3. The van der Waals surface area contributed by atoms with Crippen LogP contribution in [-0.2, 0) is 12.7 Å². The first kappa shape index (κ1) is 12.8. The third-order valence-corrected chi connectivity index (χ3v) is 3.17. The van der Waals surface area contributed by atoms with E-state index in [1.165, 1.54) is 6.07 Å². The number of thiophene rings is 1. The van der Waals surface area contributed by atoms with Crippen molar-refractivity contribution in [3.05, 3.63) is 46.2 Å². The lowest BCUT2D eigenvalue weighted by Gasteiger charge is -2.12. The largest absolute Gasteiger partial charge is 0.416 e. The average Bonchev–Trinajstić information content (AvgIpc) is 2.79. The molecule has 0 fully saturated rings. The van der Waals surface area contributed by atoms with Gasteiger partial charge in [0.1, 0.15) is 0 Å². The Labute approximate surface area is 106 Å². The first-order valence-corrected chi connectivity index (χ1v) is 6.13. The number of alkyl halides is 3. The smallest absolute Gasteiger partial charge is 0.397 e. The Morgan fingerprint density at radius 1 is 1.22 bits per heavy atom. The summed E-state index contributed by atoms with van der Waals surface area (Å²) < 4.78 is 37.3. The lowest BCUT2D eigenvalue weighted by atomic mass is 10.1. The standard InChI is InChI=1S/C12H11F3N2S/c13-12(14,15)9-1-2-11(10(16)5-9)17-6-8-3-4-18-7-8/h1-5,7,17H,6,16H2. The van der Waals surface area contributed by atoms with Crippen LogP contribution in [0.25, 0.3) is 0 Å². The van der Waals surface area contributed by atoms with E-state index in [1.54, 1.807) is 11.3 Å². The van der Waals surface area contributed by atoms with Crippen LogP contribution in [0.4, 0.5) is 24.5 Å². The molecule has 1 aromatic heterocycles. The van der Waals surface area contributed by atoms with Crippen molar-refractivity contribution in [2.24, 2.45) is 0 Å². The number of nitrogens with two attached hydrogens (primary N) is 1. The molecule has 0 saturated carbocycles. The van der Waals surface area contributed by atoms with Crippen LogP contribution in [0.1, 0.15) is 11.1 Å². The Bertz CT molecular complexity index is 521. The van der Waals surface area contributed by atoms with E-state index in [9.17, 15) is 13.2 Å². The summed E-state index contributed by atoms with van der Waals surface area (Å²) in [6, 6.07) is 5.25. The van der Waals surface area contributed by atoms with Gasteiger partial charge in [-0.2, -0.15) is 24.5 Å². The summed E-state index contributed by atoms with van der Waals surface area (Å²) in [7, 11) is 0. The first-order valence-electron chi connectivity index (χ1n) is 5.18. The minimum atomic E-state index is -4.36. The molecule has 96 valence electrons. The molecule has 2 rings (SSSR count). The molecule has 0 bridgehead atoms. The predicted octanol–water partition coefficient (Wildman–Crippen LogP) is 3.96. The predicted molar refractivity (Wildman–Crippen MR) is 67.5 cm³/mol. The zero-order valence-corrected chi connectivity index (χ0v) is 10.1. The second-order valence-electron chi connectivity index (χ2n) is 3.78. The van der Waals surface area contributed by atoms with Gasteiger partial charge in [0.2, 0.25) is 0 Å². The second kappa shape index (κ2) is 4.89. The summed E-state index contributed by atoms with van der Waals surface area (Å²) in [6.07, 6.45) is -4.36. The minimum Gasteiger partial charge on any atom is -0.397 e. The molecule has 0 aliphatic rings. The van der Waals surface area contributed by atoms with Crippen molar-refractivity contribution in [1.82, 2.24) is 0 Å². The van der Waals surface area contributed by atoms with Crippen LogP contribution in [-0.4, -0.2) is 0 Å². The molecule has 2 aromatic rings. The van der Waals surface area contributed by atoms with E-state index >= 15 is 0 Å². The van der Waals surface area contributed by atoms with Crippen molar-refractivity contribution < 1.29 is 13.2 Å². The van der Waals surface area contributed by atoms with E-state index in [0.717, 1.165) is 17.7 Å². The zero-order chi connectivity index (χ0) is 13.2. The highest BCUT2D eigenvalue weighted by Gasteiger charge is 2.30. The van der Waals surface area contributed by atoms with Crippen LogP contribution >= 0.6 is 11.3 Å². The van der Waals surface area contributed by atoms with Crippen LogP contribution in [0.2, 0.25) is 0 Å². The normalized spacial score (nSPS) is 11.5. The number of nitrogen functional groups attached to an aromatic ring is 1. The molecule has 2 nitrogen and oxygen atoms in total. The van der Waals surface area contributed by atoms with Gasteiger partial charge in [0.15, 0.2) is 0 Å². The second-order valence-corrected chi connectivity index (χ2v) is 4.56. The van der Waals surface area contributed by atoms with E-state index in [4.69, 9.17) is 5.73 Å². The van der Waals surface area contributed by atoms with E-state index in [2.05, 4.69) is 5.32 Å². The molecular formula is C12H11F3N2S. The van der Waals surface area contributed by atoms with Crippen molar-refractivity contribution in [1.29, 1.82) is 0 Å². The maximum absolute atomic E-state index is 12.4. The minimum absolute atomic E-state index is 0.0973. The molecule has 0 atom stereocenters. The van der Waals surface area contributed by atoms with E-state index < -0.39 is 11.7 Å². The fourth-order valence-electron chi connectivity index (χ4n) is 1.49. The molecule has 1 heterocycles. The number of hydrogen-bond acceptors (Lipinski definition) is 3. The fourth-order valence-corrected chi connectivity index (χ4v) is 2.16. The van der Waals surface area contributed by atoms with Gasteiger partial charge in [-0.25, -0.2) is 0 Å². The lowest BCUT2D eigenvalue weighted by molar-refractivity contribution is -0.137. The summed E-state index contributed by atoms with van der Waals surface area (Å²) in [6.45, 7) is 0.541. The van der Waals surface area contributed by atoms with Crippen LogP contribution in [0.3, 0.4) is 0 Å². The Morgan fingerprint density at radius 2 is 2.00 bits per heavy atom. The lowest BCUT2D eigenvalue weighted by Crippen LogP contribution is -2.07. The van der Waals surface area contributed by atoms with Gasteiger partial charge >= 0.3 is 6.18 Å². The fraction of sp³-hybridized carbons (Fsp3) is 0.167. The molecule has 0 amide bonds. The Kier molecular flexibility index (Phi) is 3.47. The van der Waals surface area contributed by atoms with Crippen molar-refractivity contribution in [2.75, 3.05) is 11.1 Å². The molecule has 0 unspecified atom stereocenters. The van der Waals surface area contributed by atoms with Gasteiger partial charge < -0.3 is 11.1 Å². The van der Waals surface area contributed by atoms with E-state index in [0.29, 0.717) is 12.2 Å². The molecule has 18 heavy (non-hydrogen) atoms. The molecule has 0 saturated heterocycles. The molecule has 0 aliphatic heterocycles. The Balaban J connectivity index is 2.10. The quantitative estimate of drug-likeness (QED) is 0.830. The summed E-state index contributed by atoms with van der Waals surface area (Å²) in [5, 5.41) is 6.91. The van der Waals surface area contributed by atoms with Crippen LogP contribution < -0.4 is 11.1 Å². The first-order chi connectivity index (χ1) is 8.47. The van der Waals surface area contributed by atoms with E-state index in [1.807, 2.05) is 16.8 Å². The van der Waals surface area contributed by atoms with Crippen LogP contribution in [0.5, 0.6) is 0 Å². The third kappa shape index (κ3) is 2.95. The number of nitrogens with one attached hydrogen (secondary N) is 1. The highest BCUT2D eigenvalue weighted by molar-refractivity contribution is 7.07. The van der Waals surface area contributed by atoms with Gasteiger partial charge in [0.05, 0.1) is 16.9 Å². The molecule has 6 heteroatoms. The van der Waals surface area contributed by atoms with Crippen molar-refractivity contribution in [3.8, 4) is 0 Å². The Hall–Kier alpha value is -1.69. The number of halogens is 3.